The Hall–Kier alpha value is -2.70. The summed E-state index contributed by atoms with van der Waals surface area (Å²) in [5, 5.41) is 8.34. The Balaban J connectivity index is 1.85. The summed E-state index contributed by atoms with van der Waals surface area (Å²) in [7, 11) is 1.75. The van der Waals surface area contributed by atoms with Crippen molar-refractivity contribution in [2.24, 2.45) is 7.05 Å². The molecule has 1 fully saturated rings. The van der Waals surface area contributed by atoms with Crippen molar-refractivity contribution in [1.82, 2.24) is 19.7 Å². The molecule has 130 valence electrons. The van der Waals surface area contributed by atoms with Gasteiger partial charge in [0.1, 0.15) is 11.6 Å². The standard InChI is InChI=1S/C18H21FN6/c1-25-16(20)14-15(12-9-5-6-10-13(12)19)22-18(23-17(14)24-25)21-11-7-3-2-4-8-11/h5-6,9-11H,2-4,7-8,20H2,1H3,(H,21,23,24). The number of rotatable bonds is 3. The third kappa shape index (κ3) is 2.90. The van der Waals surface area contributed by atoms with Crippen molar-refractivity contribution in [1.29, 1.82) is 0 Å². The van der Waals surface area contributed by atoms with Crippen LogP contribution in [0.15, 0.2) is 24.3 Å². The van der Waals surface area contributed by atoms with Gasteiger partial charge in [-0.25, -0.2) is 9.37 Å². The fourth-order valence-electron chi connectivity index (χ4n) is 3.46. The molecule has 0 amide bonds. The fourth-order valence-corrected chi connectivity index (χ4v) is 3.46. The molecule has 2 heterocycles. The lowest BCUT2D eigenvalue weighted by Gasteiger charge is -2.22. The molecule has 6 nitrogen and oxygen atoms in total. The van der Waals surface area contributed by atoms with Gasteiger partial charge in [0, 0.05) is 18.7 Å². The summed E-state index contributed by atoms with van der Waals surface area (Å²) in [6, 6.07) is 6.91. The second kappa shape index (κ2) is 6.31. The van der Waals surface area contributed by atoms with Gasteiger partial charge < -0.3 is 11.1 Å². The number of nitrogens with one attached hydrogen (secondary N) is 1. The van der Waals surface area contributed by atoms with Crippen molar-refractivity contribution < 1.29 is 4.39 Å². The van der Waals surface area contributed by atoms with E-state index in [2.05, 4.69) is 20.4 Å². The van der Waals surface area contributed by atoms with E-state index < -0.39 is 0 Å². The average molecular weight is 340 g/mol. The van der Waals surface area contributed by atoms with Gasteiger partial charge in [0.2, 0.25) is 5.95 Å². The van der Waals surface area contributed by atoms with Gasteiger partial charge in [-0.15, -0.1) is 0 Å². The molecule has 0 radical (unpaired) electrons. The minimum atomic E-state index is -0.339. The second-order valence-electron chi connectivity index (χ2n) is 6.56. The van der Waals surface area contributed by atoms with Gasteiger partial charge >= 0.3 is 0 Å². The van der Waals surface area contributed by atoms with E-state index in [-0.39, 0.29) is 5.82 Å². The monoisotopic (exact) mass is 340 g/mol. The van der Waals surface area contributed by atoms with Gasteiger partial charge in [-0.2, -0.15) is 10.1 Å². The van der Waals surface area contributed by atoms with Crippen LogP contribution in [0.3, 0.4) is 0 Å². The molecular formula is C18H21FN6. The molecule has 7 heteroatoms. The van der Waals surface area contributed by atoms with Crippen molar-refractivity contribution in [3.63, 3.8) is 0 Å². The van der Waals surface area contributed by atoms with E-state index >= 15 is 0 Å². The Labute approximate surface area is 145 Å². The van der Waals surface area contributed by atoms with Crippen LogP contribution >= 0.6 is 0 Å². The number of halogens is 1. The topological polar surface area (TPSA) is 81.7 Å². The Bertz CT molecular complexity index is 913. The third-order valence-electron chi connectivity index (χ3n) is 4.81. The first-order chi connectivity index (χ1) is 12.1. The molecule has 3 N–H and O–H groups in total. The van der Waals surface area contributed by atoms with E-state index in [1.807, 2.05) is 0 Å². The predicted octanol–water partition coefficient (Wildman–Crippen LogP) is 3.50. The number of anilines is 2. The summed E-state index contributed by atoms with van der Waals surface area (Å²) in [6.07, 6.45) is 5.88. The fraction of sp³-hybridized carbons (Fsp3) is 0.389. The molecule has 1 aliphatic carbocycles. The van der Waals surface area contributed by atoms with Crippen molar-refractivity contribution in [3.8, 4) is 11.3 Å². The van der Waals surface area contributed by atoms with E-state index in [9.17, 15) is 4.39 Å². The number of aromatic nitrogens is 4. The molecule has 3 aromatic rings. The molecule has 1 aliphatic rings. The van der Waals surface area contributed by atoms with Gasteiger partial charge in [-0.3, -0.25) is 4.68 Å². The zero-order valence-corrected chi connectivity index (χ0v) is 14.2. The van der Waals surface area contributed by atoms with Crippen molar-refractivity contribution in [2.45, 2.75) is 38.1 Å². The molecule has 2 aromatic heterocycles. The molecule has 1 saturated carbocycles. The van der Waals surface area contributed by atoms with E-state index in [0.29, 0.717) is 40.1 Å². The van der Waals surface area contributed by atoms with Crippen LogP contribution < -0.4 is 11.1 Å². The van der Waals surface area contributed by atoms with Crippen LogP contribution in [0, 0.1) is 5.82 Å². The zero-order chi connectivity index (χ0) is 17.4. The molecule has 0 unspecified atom stereocenters. The second-order valence-corrected chi connectivity index (χ2v) is 6.56. The number of nitrogen functional groups attached to an aromatic ring is 1. The van der Waals surface area contributed by atoms with Crippen LogP contribution in [0.2, 0.25) is 0 Å². The molecular weight excluding hydrogens is 319 g/mol. The predicted molar refractivity (Wildman–Crippen MR) is 96.6 cm³/mol. The highest BCUT2D eigenvalue weighted by molar-refractivity contribution is 5.98. The maximum atomic E-state index is 14.4. The lowest BCUT2D eigenvalue weighted by molar-refractivity contribution is 0.461. The smallest absolute Gasteiger partial charge is 0.225 e. The van der Waals surface area contributed by atoms with Crippen LogP contribution in [-0.2, 0) is 7.05 Å². The van der Waals surface area contributed by atoms with Crippen molar-refractivity contribution in [2.75, 3.05) is 11.1 Å². The molecule has 0 aliphatic heterocycles. The minimum Gasteiger partial charge on any atom is -0.383 e. The first-order valence-corrected chi connectivity index (χ1v) is 8.65. The Morgan fingerprint density at radius 2 is 1.92 bits per heavy atom. The van der Waals surface area contributed by atoms with Gasteiger partial charge in [0.05, 0.1) is 11.1 Å². The Morgan fingerprint density at radius 1 is 1.16 bits per heavy atom. The highest BCUT2D eigenvalue weighted by Crippen LogP contribution is 2.33. The number of hydrogen-bond donors (Lipinski definition) is 2. The minimum absolute atomic E-state index is 0.339. The lowest BCUT2D eigenvalue weighted by atomic mass is 9.96. The molecule has 25 heavy (non-hydrogen) atoms. The molecule has 0 spiro atoms. The van der Waals surface area contributed by atoms with Crippen molar-refractivity contribution in [3.05, 3.63) is 30.1 Å². The van der Waals surface area contributed by atoms with Gasteiger partial charge in [0.15, 0.2) is 5.65 Å². The number of hydrogen-bond acceptors (Lipinski definition) is 5. The Morgan fingerprint density at radius 3 is 2.68 bits per heavy atom. The summed E-state index contributed by atoms with van der Waals surface area (Å²) < 4.78 is 15.9. The first kappa shape index (κ1) is 15.8. The van der Waals surface area contributed by atoms with Crippen LogP contribution in [-0.4, -0.2) is 25.8 Å². The molecule has 0 bridgehead atoms. The number of aryl methyl sites for hydroxylation is 1. The number of nitrogens with two attached hydrogens (primary N) is 1. The summed E-state index contributed by atoms with van der Waals surface area (Å²) in [4.78, 5) is 9.11. The van der Waals surface area contributed by atoms with Crippen LogP contribution in [0.25, 0.3) is 22.3 Å². The number of nitrogens with zero attached hydrogens (tertiary/aromatic N) is 4. The van der Waals surface area contributed by atoms with E-state index in [1.165, 1.54) is 25.3 Å². The Kier molecular flexibility index (Phi) is 3.99. The molecule has 0 saturated heterocycles. The maximum Gasteiger partial charge on any atom is 0.225 e. The summed E-state index contributed by atoms with van der Waals surface area (Å²) in [5.74, 6) is 0.572. The lowest BCUT2D eigenvalue weighted by Crippen LogP contribution is -2.23. The molecule has 4 rings (SSSR count). The normalized spacial score (nSPS) is 15.6. The summed E-state index contributed by atoms with van der Waals surface area (Å²) >= 11 is 0. The summed E-state index contributed by atoms with van der Waals surface area (Å²) in [5.41, 5.74) is 7.50. The van der Waals surface area contributed by atoms with Crippen LogP contribution in [0.5, 0.6) is 0 Å². The van der Waals surface area contributed by atoms with E-state index in [0.717, 1.165) is 12.8 Å². The van der Waals surface area contributed by atoms with Crippen LogP contribution in [0.1, 0.15) is 32.1 Å². The van der Waals surface area contributed by atoms with E-state index in [4.69, 9.17) is 5.73 Å². The van der Waals surface area contributed by atoms with Crippen LogP contribution in [0.4, 0.5) is 16.2 Å². The van der Waals surface area contributed by atoms with E-state index in [1.54, 1.807) is 29.9 Å². The quantitative estimate of drug-likeness (QED) is 0.763. The largest absolute Gasteiger partial charge is 0.383 e. The highest BCUT2D eigenvalue weighted by Gasteiger charge is 2.21. The third-order valence-corrected chi connectivity index (χ3v) is 4.81. The molecule has 0 atom stereocenters. The first-order valence-electron chi connectivity index (χ1n) is 8.65. The molecule has 1 aromatic carbocycles. The zero-order valence-electron chi connectivity index (χ0n) is 14.2. The van der Waals surface area contributed by atoms with Gasteiger partial charge in [-0.05, 0) is 25.0 Å². The number of fused-ring (bicyclic) bond motifs is 1. The highest BCUT2D eigenvalue weighted by atomic mass is 19.1. The van der Waals surface area contributed by atoms with Crippen molar-refractivity contribution >= 4 is 22.8 Å². The number of benzene rings is 1. The summed E-state index contributed by atoms with van der Waals surface area (Å²) in [6.45, 7) is 0. The van der Waals surface area contributed by atoms with Gasteiger partial charge in [-0.1, -0.05) is 31.4 Å². The van der Waals surface area contributed by atoms with Gasteiger partial charge in [0.25, 0.3) is 0 Å². The average Bonchev–Trinajstić information content (AvgIpc) is 2.90. The SMILES string of the molecule is Cn1nc2nc(NC3CCCCC3)nc(-c3ccccc3F)c2c1N. The maximum absolute atomic E-state index is 14.4.